The highest BCUT2D eigenvalue weighted by Gasteiger charge is 2.29. The third-order valence-corrected chi connectivity index (χ3v) is 5.23. The molecule has 0 amide bonds. The highest BCUT2D eigenvalue weighted by atomic mass is 16.4. The van der Waals surface area contributed by atoms with Crippen LogP contribution in [0.2, 0.25) is 0 Å². The largest absolute Gasteiger partial charge is 0.478 e. The molecule has 1 aliphatic carbocycles. The van der Waals surface area contributed by atoms with Gasteiger partial charge in [-0.25, -0.2) is 4.79 Å². The van der Waals surface area contributed by atoms with Crippen LogP contribution in [-0.2, 0) is 0 Å². The Morgan fingerprint density at radius 1 is 1.35 bits per heavy atom. The van der Waals surface area contributed by atoms with Crippen LogP contribution in [-0.4, -0.2) is 22.8 Å². The second-order valence-corrected chi connectivity index (χ2v) is 7.00. The number of fused-ring (bicyclic) bond motifs is 1. The Bertz CT molecular complexity index is 589. The number of carboxylic acid groups (broad SMARTS) is 1. The molecule has 0 radical (unpaired) electrons. The van der Waals surface area contributed by atoms with E-state index < -0.39 is 5.97 Å². The maximum absolute atomic E-state index is 11.3. The Kier molecular flexibility index (Phi) is 6.00. The van der Waals surface area contributed by atoms with Crippen molar-refractivity contribution in [3.8, 4) is 0 Å². The van der Waals surface area contributed by atoms with Crippen molar-refractivity contribution in [3.05, 3.63) is 46.5 Å². The van der Waals surface area contributed by atoms with Gasteiger partial charge in [0.1, 0.15) is 0 Å². The lowest BCUT2D eigenvalue weighted by Gasteiger charge is -2.34. The summed E-state index contributed by atoms with van der Waals surface area (Å²) in [6, 6.07) is 5.64. The zero-order valence-electron chi connectivity index (χ0n) is 14.4. The van der Waals surface area contributed by atoms with Crippen molar-refractivity contribution in [2.24, 2.45) is 5.92 Å². The summed E-state index contributed by atoms with van der Waals surface area (Å²) in [5, 5.41) is 18.3. The lowest BCUT2D eigenvalue weighted by atomic mass is 9.71. The van der Waals surface area contributed by atoms with Crippen LogP contribution in [0.25, 0.3) is 0 Å². The van der Waals surface area contributed by atoms with Gasteiger partial charge in [-0.1, -0.05) is 31.6 Å². The quantitative estimate of drug-likeness (QED) is 0.747. The van der Waals surface area contributed by atoms with Crippen molar-refractivity contribution in [1.29, 1.82) is 0 Å². The molecule has 1 aromatic rings. The molecule has 126 valence electrons. The van der Waals surface area contributed by atoms with Crippen LogP contribution in [0.15, 0.2) is 29.8 Å². The van der Waals surface area contributed by atoms with E-state index in [1.165, 1.54) is 17.5 Å². The average Bonchev–Trinajstić information content (AvgIpc) is 2.54. The standard InChI is InChI=1S/C20H28O3/c1-13(12-21)5-4-6-14(2)17-9-7-15(3)18-10-8-16(20(22)23)11-19(17)18/h5,8,10-11,14-15,17,21H,4,6-7,9,12H2,1-3H3,(H,22,23). The van der Waals surface area contributed by atoms with Crippen LogP contribution < -0.4 is 0 Å². The van der Waals surface area contributed by atoms with Crippen LogP contribution >= 0.6 is 0 Å². The van der Waals surface area contributed by atoms with Gasteiger partial charge in [-0.2, -0.15) is 0 Å². The van der Waals surface area contributed by atoms with Gasteiger partial charge in [0.25, 0.3) is 0 Å². The van der Waals surface area contributed by atoms with E-state index in [9.17, 15) is 9.90 Å². The number of aliphatic hydroxyl groups excluding tert-OH is 1. The normalized spacial score (nSPS) is 22.5. The molecule has 0 fully saturated rings. The first-order chi connectivity index (χ1) is 10.9. The summed E-state index contributed by atoms with van der Waals surface area (Å²) in [7, 11) is 0. The van der Waals surface area contributed by atoms with Crippen molar-refractivity contribution in [3.63, 3.8) is 0 Å². The molecule has 0 bridgehead atoms. The molecule has 0 heterocycles. The molecule has 0 saturated carbocycles. The van der Waals surface area contributed by atoms with Gasteiger partial charge >= 0.3 is 5.97 Å². The number of aliphatic hydroxyl groups is 1. The summed E-state index contributed by atoms with van der Waals surface area (Å²) in [5.41, 5.74) is 3.97. The Morgan fingerprint density at radius 2 is 2.09 bits per heavy atom. The van der Waals surface area contributed by atoms with Gasteiger partial charge in [-0.15, -0.1) is 0 Å². The molecule has 1 aromatic carbocycles. The van der Waals surface area contributed by atoms with Crippen LogP contribution in [0.5, 0.6) is 0 Å². The van der Waals surface area contributed by atoms with Crippen LogP contribution in [0.4, 0.5) is 0 Å². The molecule has 2 N–H and O–H groups in total. The van der Waals surface area contributed by atoms with Crippen LogP contribution in [0.3, 0.4) is 0 Å². The minimum atomic E-state index is -0.848. The van der Waals surface area contributed by atoms with Crippen LogP contribution in [0, 0.1) is 5.92 Å². The zero-order chi connectivity index (χ0) is 17.0. The van der Waals surface area contributed by atoms with E-state index in [2.05, 4.69) is 19.9 Å². The van der Waals surface area contributed by atoms with Crippen molar-refractivity contribution in [1.82, 2.24) is 0 Å². The Hall–Kier alpha value is -1.61. The summed E-state index contributed by atoms with van der Waals surface area (Å²) in [6.07, 6.45) is 6.43. The first kappa shape index (κ1) is 17.7. The third-order valence-electron chi connectivity index (χ3n) is 5.23. The number of aromatic carboxylic acids is 1. The molecule has 3 nitrogen and oxygen atoms in total. The van der Waals surface area contributed by atoms with Crippen molar-refractivity contribution >= 4 is 5.97 Å². The Balaban J connectivity index is 2.19. The molecule has 0 spiro atoms. The zero-order valence-corrected chi connectivity index (χ0v) is 14.4. The SMILES string of the molecule is CC(=CCCC(C)C1CCC(C)c2ccc(C(=O)O)cc21)CO. The number of benzene rings is 1. The predicted molar refractivity (Wildman–Crippen MR) is 93.0 cm³/mol. The van der Waals surface area contributed by atoms with E-state index in [-0.39, 0.29) is 6.61 Å². The first-order valence-electron chi connectivity index (χ1n) is 8.57. The van der Waals surface area contributed by atoms with Gasteiger partial charge in [-0.3, -0.25) is 0 Å². The van der Waals surface area contributed by atoms with Crippen LogP contribution in [0.1, 0.15) is 79.8 Å². The molecule has 0 saturated heterocycles. The third kappa shape index (κ3) is 4.23. The number of hydrogen-bond donors (Lipinski definition) is 2. The minimum Gasteiger partial charge on any atom is -0.478 e. The Morgan fingerprint density at radius 3 is 2.74 bits per heavy atom. The first-order valence-corrected chi connectivity index (χ1v) is 8.57. The van der Waals surface area contributed by atoms with E-state index in [1.807, 2.05) is 19.1 Å². The van der Waals surface area contributed by atoms with Gasteiger partial charge in [0.05, 0.1) is 12.2 Å². The second-order valence-electron chi connectivity index (χ2n) is 7.00. The summed E-state index contributed by atoms with van der Waals surface area (Å²) in [6.45, 7) is 6.56. The molecular weight excluding hydrogens is 288 g/mol. The Labute approximate surface area is 139 Å². The summed E-state index contributed by atoms with van der Waals surface area (Å²) in [4.78, 5) is 11.3. The predicted octanol–water partition coefficient (Wildman–Crippen LogP) is 4.72. The maximum Gasteiger partial charge on any atom is 0.335 e. The number of hydrogen-bond acceptors (Lipinski definition) is 2. The van der Waals surface area contributed by atoms with Gasteiger partial charge < -0.3 is 10.2 Å². The highest BCUT2D eigenvalue weighted by molar-refractivity contribution is 5.88. The number of carbonyl (C=O) groups is 1. The van der Waals surface area contributed by atoms with E-state index in [1.54, 1.807) is 6.07 Å². The smallest absolute Gasteiger partial charge is 0.335 e. The molecule has 3 unspecified atom stereocenters. The molecule has 0 aliphatic heterocycles. The maximum atomic E-state index is 11.3. The minimum absolute atomic E-state index is 0.125. The average molecular weight is 316 g/mol. The summed E-state index contributed by atoms with van der Waals surface area (Å²) in [5.74, 6) is 0.600. The lowest BCUT2D eigenvalue weighted by Crippen LogP contribution is -2.19. The van der Waals surface area contributed by atoms with E-state index in [0.717, 1.165) is 24.8 Å². The van der Waals surface area contributed by atoms with E-state index in [4.69, 9.17) is 5.11 Å². The second kappa shape index (κ2) is 7.78. The van der Waals surface area contributed by atoms with E-state index >= 15 is 0 Å². The van der Waals surface area contributed by atoms with Gasteiger partial charge in [0.15, 0.2) is 0 Å². The molecule has 0 aromatic heterocycles. The number of carboxylic acids is 1. The fourth-order valence-corrected chi connectivity index (χ4v) is 3.67. The molecule has 3 atom stereocenters. The number of allylic oxidation sites excluding steroid dienone is 1. The fourth-order valence-electron chi connectivity index (χ4n) is 3.67. The topological polar surface area (TPSA) is 57.5 Å². The molecular formula is C20H28O3. The van der Waals surface area contributed by atoms with Gasteiger partial charge in [-0.05, 0) is 73.6 Å². The van der Waals surface area contributed by atoms with E-state index in [0.29, 0.717) is 23.3 Å². The van der Waals surface area contributed by atoms with Crippen molar-refractivity contribution < 1.29 is 15.0 Å². The van der Waals surface area contributed by atoms with Gasteiger partial charge in [0, 0.05) is 0 Å². The van der Waals surface area contributed by atoms with Crippen molar-refractivity contribution in [2.75, 3.05) is 6.61 Å². The molecule has 2 rings (SSSR count). The van der Waals surface area contributed by atoms with Crippen molar-refractivity contribution in [2.45, 2.75) is 58.3 Å². The lowest BCUT2D eigenvalue weighted by molar-refractivity contribution is 0.0696. The van der Waals surface area contributed by atoms with Gasteiger partial charge in [0.2, 0.25) is 0 Å². The fraction of sp³-hybridized carbons (Fsp3) is 0.550. The molecule has 23 heavy (non-hydrogen) atoms. The monoisotopic (exact) mass is 316 g/mol. The summed E-state index contributed by atoms with van der Waals surface area (Å²) < 4.78 is 0. The molecule has 1 aliphatic rings. The summed E-state index contributed by atoms with van der Waals surface area (Å²) >= 11 is 0. The highest BCUT2D eigenvalue weighted by Crippen LogP contribution is 2.43. The molecule has 3 heteroatoms. The number of rotatable bonds is 6.